The molecule has 174 valence electrons. The van der Waals surface area contributed by atoms with E-state index in [1.165, 1.54) is 0 Å². The summed E-state index contributed by atoms with van der Waals surface area (Å²) in [5.41, 5.74) is 8.44. The van der Waals surface area contributed by atoms with Gasteiger partial charge in [-0.1, -0.05) is 0 Å². The number of fused-ring (bicyclic) bond motifs is 1. The molecule has 34 heavy (non-hydrogen) atoms. The van der Waals surface area contributed by atoms with Crippen LogP contribution in [0.2, 0.25) is 0 Å². The number of nitrogens with one attached hydrogen (secondary N) is 1. The number of hydrogen-bond acceptors (Lipinski definition) is 8. The quantitative estimate of drug-likeness (QED) is 0.596. The van der Waals surface area contributed by atoms with Crippen LogP contribution >= 0.6 is 0 Å². The molecule has 0 bridgehead atoms. The molecule has 3 N–H and O–H groups in total. The molecule has 0 unspecified atom stereocenters. The predicted octanol–water partition coefficient (Wildman–Crippen LogP) is 1.46. The van der Waals surface area contributed by atoms with Gasteiger partial charge in [0.2, 0.25) is 5.82 Å². The van der Waals surface area contributed by atoms with Crippen molar-refractivity contribution in [1.82, 2.24) is 24.8 Å². The van der Waals surface area contributed by atoms with Crippen LogP contribution < -0.4 is 16.0 Å². The lowest BCUT2D eigenvalue weighted by Crippen LogP contribution is -2.41. The zero-order valence-corrected chi connectivity index (χ0v) is 18.5. The van der Waals surface area contributed by atoms with E-state index in [9.17, 15) is 9.59 Å². The molecular formula is C23H24N8O3. The number of primary amides is 1. The maximum Gasteiger partial charge on any atom is 0.316 e. The van der Waals surface area contributed by atoms with E-state index in [0.29, 0.717) is 44.2 Å². The summed E-state index contributed by atoms with van der Waals surface area (Å²) in [6, 6.07) is 8.22. The first kappa shape index (κ1) is 21.7. The summed E-state index contributed by atoms with van der Waals surface area (Å²) in [5.74, 6) is 1.38. The Kier molecular flexibility index (Phi) is 6.00. The van der Waals surface area contributed by atoms with Crippen molar-refractivity contribution in [1.29, 1.82) is 0 Å². The van der Waals surface area contributed by atoms with Gasteiger partial charge in [0.25, 0.3) is 5.91 Å². The van der Waals surface area contributed by atoms with Gasteiger partial charge < -0.3 is 25.6 Å². The number of carbonyl (C=O) groups is 2. The molecule has 11 nitrogen and oxygen atoms in total. The van der Waals surface area contributed by atoms with Gasteiger partial charge in [0.15, 0.2) is 5.82 Å². The number of hydrogen-bond donors (Lipinski definition) is 2. The van der Waals surface area contributed by atoms with Crippen molar-refractivity contribution in [2.45, 2.75) is 13.0 Å². The van der Waals surface area contributed by atoms with Gasteiger partial charge in [-0.2, -0.15) is 0 Å². The Morgan fingerprint density at radius 1 is 1.00 bits per heavy atom. The molecule has 1 saturated heterocycles. The van der Waals surface area contributed by atoms with Crippen LogP contribution in [-0.2, 0) is 17.7 Å². The summed E-state index contributed by atoms with van der Waals surface area (Å²) in [7, 11) is 0. The average molecular weight is 460 g/mol. The Morgan fingerprint density at radius 2 is 1.74 bits per heavy atom. The number of rotatable bonds is 4. The van der Waals surface area contributed by atoms with Crippen molar-refractivity contribution in [2.75, 3.05) is 43.1 Å². The van der Waals surface area contributed by atoms with Crippen LogP contribution in [0.1, 0.15) is 21.9 Å². The van der Waals surface area contributed by atoms with Gasteiger partial charge in [-0.25, -0.2) is 24.7 Å². The van der Waals surface area contributed by atoms with E-state index >= 15 is 0 Å². The zero-order chi connectivity index (χ0) is 23.5. The predicted molar refractivity (Wildman–Crippen MR) is 124 cm³/mol. The highest BCUT2D eigenvalue weighted by atomic mass is 16.5. The zero-order valence-electron chi connectivity index (χ0n) is 18.5. The highest BCUT2D eigenvalue weighted by Crippen LogP contribution is 2.30. The van der Waals surface area contributed by atoms with Crippen LogP contribution in [0.15, 0.2) is 42.7 Å². The fourth-order valence-corrected chi connectivity index (χ4v) is 4.15. The number of benzene rings is 1. The molecule has 3 aromatic rings. The van der Waals surface area contributed by atoms with E-state index in [1.807, 2.05) is 12.1 Å². The highest BCUT2D eigenvalue weighted by molar-refractivity contribution is 5.90. The van der Waals surface area contributed by atoms with Crippen LogP contribution in [0.5, 0.6) is 0 Å². The molecule has 0 aliphatic carbocycles. The number of ether oxygens (including phenoxy) is 1. The lowest BCUT2D eigenvalue weighted by atomic mass is 10.0. The topological polar surface area (TPSA) is 139 Å². The SMILES string of the molecule is NC(=O)Nc1ccc(-c2nc3c(c(N4CCOCC4)n2)CCN(C(=O)c2ncccn2)C3)cc1. The van der Waals surface area contributed by atoms with E-state index < -0.39 is 6.03 Å². The standard InChI is InChI=1S/C23H24N8O3/c24-23(33)27-16-4-2-15(3-5-16)19-28-18-14-31(22(32)20-25-7-1-8-26-20)9-6-17(18)21(29-19)30-10-12-34-13-11-30/h1-5,7-8H,6,9-14H2,(H3,24,27,33). The summed E-state index contributed by atoms with van der Waals surface area (Å²) in [4.78, 5) is 46.0. The number of aromatic nitrogens is 4. The molecule has 3 amide bonds. The molecule has 0 atom stereocenters. The molecule has 0 spiro atoms. The number of nitrogens with two attached hydrogens (primary N) is 1. The largest absolute Gasteiger partial charge is 0.378 e. The molecule has 4 heterocycles. The highest BCUT2D eigenvalue weighted by Gasteiger charge is 2.29. The number of morpholine rings is 1. The number of urea groups is 1. The van der Waals surface area contributed by atoms with Crippen LogP contribution in [0.3, 0.4) is 0 Å². The molecule has 5 rings (SSSR count). The fourth-order valence-electron chi connectivity index (χ4n) is 4.15. The van der Waals surface area contributed by atoms with E-state index in [2.05, 4.69) is 20.2 Å². The maximum absolute atomic E-state index is 13.0. The summed E-state index contributed by atoms with van der Waals surface area (Å²) in [5, 5.41) is 2.55. The maximum atomic E-state index is 13.0. The minimum Gasteiger partial charge on any atom is -0.378 e. The van der Waals surface area contributed by atoms with E-state index in [1.54, 1.807) is 35.5 Å². The Bertz CT molecular complexity index is 1200. The Morgan fingerprint density at radius 3 is 2.44 bits per heavy atom. The Balaban J connectivity index is 1.50. The molecule has 1 fully saturated rings. The fraction of sp³-hybridized carbons (Fsp3) is 0.304. The van der Waals surface area contributed by atoms with Gasteiger partial charge in [0.05, 0.1) is 25.5 Å². The van der Waals surface area contributed by atoms with E-state index in [0.717, 1.165) is 35.7 Å². The normalized spacial score (nSPS) is 15.5. The van der Waals surface area contributed by atoms with Crippen molar-refractivity contribution >= 4 is 23.4 Å². The molecule has 2 aliphatic rings. The molecule has 0 radical (unpaired) electrons. The summed E-state index contributed by atoms with van der Waals surface area (Å²) >= 11 is 0. The lowest BCUT2D eigenvalue weighted by molar-refractivity contribution is 0.0719. The number of nitrogens with zero attached hydrogens (tertiary/aromatic N) is 6. The van der Waals surface area contributed by atoms with E-state index in [4.69, 9.17) is 20.4 Å². The second-order valence-electron chi connectivity index (χ2n) is 8.01. The Labute approximate surface area is 196 Å². The second kappa shape index (κ2) is 9.40. The van der Waals surface area contributed by atoms with Crippen LogP contribution in [0.25, 0.3) is 11.4 Å². The summed E-state index contributed by atoms with van der Waals surface area (Å²) in [6.07, 6.45) is 3.76. The summed E-state index contributed by atoms with van der Waals surface area (Å²) < 4.78 is 5.53. The molecule has 2 aromatic heterocycles. The third-order valence-corrected chi connectivity index (χ3v) is 5.81. The van der Waals surface area contributed by atoms with Gasteiger partial charge in [-0.15, -0.1) is 0 Å². The minimum atomic E-state index is -0.625. The molecule has 2 aliphatic heterocycles. The molecule has 0 saturated carbocycles. The lowest BCUT2D eigenvalue weighted by Gasteiger charge is -2.34. The van der Waals surface area contributed by atoms with Crippen LogP contribution in [-0.4, -0.2) is 69.6 Å². The average Bonchev–Trinajstić information content (AvgIpc) is 2.88. The first-order valence-electron chi connectivity index (χ1n) is 11.0. The number of amides is 3. The van der Waals surface area contributed by atoms with Gasteiger partial charge in [0, 0.05) is 48.8 Å². The van der Waals surface area contributed by atoms with Crippen molar-refractivity contribution in [3.05, 3.63) is 59.8 Å². The molecule has 11 heteroatoms. The van der Waals surface area contributed by atoms with Gasteiger partial charge in [-0.05, 0) is 36.8 Å². The van der Waals surface area contributed by atoms with Crippen molar-refractivity contribution in [2.24, 2.45) is 5.73 Å². The van der Waals surface area contributed by atoms with Crippen molar-refractivity contribution in [3.8, 4) is 11.4 Å². The smallest absolute Gasteiger partial charge is 0.316 e. The minimum absolute atomic E-state index is 0.172. The van der Waals surface area contributed by atoms with Gasteiger partial charge >= 0.3 is 6.03 Å². The van der Waals surface area contributed by atoms with Gasteiger partial charge in [-0.3, -0.25) is 4.79 Å². The third-order valence-electron chi connectivity index (χ3n) is 5.81. The number of anilines is 2. The van der Waals surface area contributed by atoms with Crippen molar-refractivity contribution < 1.29 is 14.3 Å². The first-order chi connectivity index (χ1) is 16.6. The second-order valence-corrected chi connectivity index (χ2v) is 8.01. The Hall–Kier alpha value is -4.12. The first-order valence-corrected chi connectivity index (χ1v) is 11.0. The van der Waals surface area contributed by atoms with Crippen LogP contribution in [0, 0.1) is 0 Å². The van der Waals surface area contributed by atoms with Gasteiger partial charge in [0.1, 0.15) is 5.82 Å². The molecule has 1 aromatic carbocycles. The molecular weight excluding hydrogens is 436 g/mol. The third kappa shape index (κ3) is 4.50. The summed E-state index contributed by atoms with van der Waals surface area (Å²) in [6.45, 7) is 3.64. The van der Waals surface area contributed by atoms with E-state index in [-0.39, 0.29) is 11.7 Å². The van der Waals surface area contributed by atoms with Crippen molar-refractivity contribution in [3.63, 3.8) is 0 Å². The van der Waals surface area contributed by atoms with Crippen LogP contribution in [0.4, 0.5) is 16.3 Å². The monoisotopic (exact) mass is 460 g/mol. The number of carbonyl (C=O) groups excluding carboxylic acids is 2.